The van der Waals surface area contributed by atoms with Gasteiger partial charge in [0.25, 0.3) is 0 Å². The molecule has 0 spiro atoms. The zero-order valence-corrected chi connectivity index (χ0v) is 12.6. The van der Waals surface area contributed by atoms with Crippen LogP contribution in [0.15, 0.2) is 0 Å². The normalized spacial score (nSPS) is 29.6. The standard InChI is InChI=1S/C15H29N3O/c1-11(2)14-9-16-12(3)10-18(14)15(19)17-13-7-5-4-6-8-13/h11-14,16H,4-10H2,1-3H3,(H,17,19). The van der Waals surface area contributed by atoms with E-state index in [1.165, 1.54) is 19.3 Å². The maximum atomic E-state index is 12.5. The van der Waals surface area contributed by atoms with Crippen LogP contribution in [0.5, 0.6) is 0 Å². The Morgan fingerprint density at radius 3 is 2.58 bits per heavy atom. The first-order valence-electron chi connectivity index (χ1n) is 7.88. The van der Waals surface area contributed by atoms with Gasteiger partial charge in [-0.3, -0.25) is 0 Å². The molecule has 0 aromatic heterocycles. The maximum absolute atomic E-state index is 12.5. The van der Waals surface area contributed by atoms with Crippen LogP contribution in [0.2, 0.25) is 0 Å². The predicted molar refractivity (Wildman–Crippen MR) is 78.2 cm³/mol. The van der Waals surface area contributed by atoms with Gasteiger partial charge in [0.1, 0.15) is 0 Å². The molecule has 1 saturated carbocycles. The summed E-state index contributed by atoms with van der Waals surface area (Å²) in [5.41, 5.74) is 0. The number of amides is 2. The third-order valence-electron chi connectivity index (χ3n) is 4.51. The minimum atomic E-state index is 0.152. The summed E-state index contributed by atoms with van der Waals surface area (Å²) in [6, 6.07) is 1.27. The zero-order chi connectivity index (χ0) is 13.8. The highest BCUT2D eigenvalue weighted by Crippen LogP contribution is 2.19. The molecule has 2 fully saturated rings. The van der Waals surface area contributed by atoms with Crippen molar-refractivity contribution in [1.82, 2.24) is 15.5 Å². The topological polar surface area (TPSA) is 44.4 Å². The number of hydrogen-bond donors (Lipinski definition) is 2. The predicted octanol–water partition coefficient (Wildman–Crippen LogP) is 2.35. The first kappa shape index (κ1) is 14.6. The Morgan fingerprint density at radius 1 is 1.26 bits per heavy atom. The van der Waals surface area contributed by atoms with Crippen LogP contribution in [0.25, 0.3) is 0 Å². The Labute approximate surface area is 117 Å². The van der Waals surface area contributed by atoms with Crippen LogP contribution >= 0.6 is 0 Å². The highest BCUT2D eigenvalue weighted by molar-refractivity contribution is 5.75. The molecule has 1 aliphatic carbocycles. The average Bonchev–Trinajstić information content (AvgIpc) is 2.39. The summed E-state index contributed by atoms with van der Waals surface area (Å²) in [6.45, 7) is 8.28. The van der Waals surface area contributed by atoms with Crippen molar-refractivity contribution in [2.75, 3.05) is 13.1 Å². The molecule has 4 heteroatoms. The molecular weight excluding hydrogens is 238 g/mol. The van der Waals surface area contributed by atoms with Gasteiger partial charge in [0, 0.05) is 31.2 Å². The van der Waals surface area contributed by atoms with Gasteiger partial charge in [-0.05, 0) is 25.7 Å². The lowest BCUT2D eigenvalue weighted by atomic mass is 9.95. The lowest BCUT2D eigenvalue weighted by Gasteiger charge is -2.42. The smallest absolute Gasteiger partial charge is 0.317 e. The lowest BCUT2D eigenvalue weighted by molar-refractivity contribution is 0.117. The van der Waals surface area contributed by atoms with Crippen molar-refractivity contribution in [3.8, 4) is 0 Å². The Morgan fingerprint density at radius 2 is 1.95 bits per heavy atom. The third kappa shape index (κ3) is 3.85. The van der Waals surface area contributed by atoms with Crippen LogP contribution in [0.1, 0.15) is 52.9 Å². The van der Waals surface area contributed by atoms with Crippen LogP contribution < -0.4 is 10.6 Å². The molecule has 4 nitrogen and oxygen atoms in total. The van der Waals surface area contributed by atoms with E-state index in [1.807, 2.05) is 0 Å². The maximum Gasteiger partial charge on any atom is 0.317 e. The largest absolute Gasteiger partial charge is 0.335 e. The molecule has 1 saturated heterocycles. The number of nitrogens with zero attached hydrogens (tertiary/aromatic N) is 1. The van der Waals surface area contributed by atoms with E-state index in [9.17, 15) is 4.79 Å². The van der Waals surface area contributed by atoms with Crippen molar-refractivity contribution in [1.29, 1.82) is 0 Å². The molecule has 110 valence electrons. The number of nitrogens with one attached hydrogen (secondary N) is 2. The monoisotopic (exact) mass is 267 g/mol. The highest BCUT2D eigenvalue weighted by Gasteiger charge is 2.32. The fourth-order valence-corrected chi connectivity index (χ4v) is 3.26. The summed E-state index contributed by atoms with van der Waals surface area (Å²) in [5, 5.41) is 6.73. The third-order valence-corrected chi connectivity index (χ3v) is 4.51. The summed E-state index contributed by atoms with van der Waals surface area (Å²) in [4.78, 5) is 14.6. The number of carbonyl (C=O) groups is 1. The number of rotatable bonds is 2. The van der Waals surface area contributed by atoms with E-state index in [0.29, 0.717) is 24.0 Å². The lowest BCUT2D eigenvalue weighted by Crippen LogP contribution is -2.62. The molecule has 19 heavy (non-hydrogen) atoms. The first-order chi connectivity index (χ1) is 9.08. The minimum absolute atomic E-state index is 0.152. The second-order valence-electron chi connectivity index (χ2n) is 6.56. The number of hydrogen-bond acceptors (Lipinski definition) is 2. The molecule has 1 heterocycles. The summed E-state index contributed by atoms with van der Waals surface area (Å²) in [7, 11) is 0. The van der Waals surface area contributed by atoms with Gasteiger partial charge in [-0.2, -0.15) is 0 Å². The van der Waals surface area contributed by atoms with Gasteiger partial charge in [0.05, 0.1) is 0 Å². The molecule has 2 aliphatic rings. The molecule has 2 N–H and O–H groups in total. The first-order valence-corrected chi connectivity index (χ1v) is 7.88. The van der Waals surface area contributed by atoms with Crippen molar-refractivity contribution >= 4 is 6.03 Å². The number of carbonyl (C=O) groups excluding carboxylic acids is 1. The van der Waals surface area contributed by atoms with E-state index in [2.05, 4.69) is 36.3 Å². The van der Waals surface area contributed by atoms with Crippen LogP contribution in [0, 0.1) is 5.92 Å². The van der Waals surface area contributed by atoms with Crippen LogP contribution in [-0.4, -0.2) is 42.1 Å². The fourth-order valence-electron chi connectivity index (χ4n) is 3.26. The molecule has 2 amide bonds. The van der Waals surface area contributed by atoms with Crippen LogP contribution in [0.4, 0.5) is 4.79 Å². The second kappa shape index (κ2) is 6.60. The van der Waals surface area contributed by atoms with Crippen molar-refractivity contribution in [3.05, 3.63) is 0 Å². The van der Waals surface area contributed by atoms with E-state index in [4.69, 9.17) is 0 Å². The Bertz CT molecular complexity index is 300. The quantitative estimate of drug-likeness (QED) is 0.806. The number of piperazine rings is 1. The van der Waals surface area contributed by atoms with Gasteiger partial charge in [0.15, 0.2) is 0 Å². The van der Waals surface area contributed by atoms with Crippen molar-refractivity contribution < 1.29 is 4.79 Å². The summed E-state index contributed by atoms with van der Waals surface area (Å²) >= 11 is 0. The van der Waals surface area contributed by atoms with Crippen molar-refractivity contribution in [2.45, 2.75) is 71.0 Å². The van der Waals surface area contributed by atoms with Gasteiger partial charge >= 0.3 is 6.03 Å². The van der Waals surface area contributed by atoms with Crippen LogP contribution in [0.3, 0.4) is 0 Å². The minimum Gasteiger partial charge on any atom is -0.335 e. The van der Waals surface area contributed by atoms with Gasteiger partial charge in [-0.1, -0.05) is 33.1 Å². The van der Waals surface area contributed by atoms with E-state index in [-0.39, 0.29) is 6.03 Å². The molecule has 2 atom stereocenters. The van der Waals surface area contributed by atoms with Crippen LogP contribution in [-0.2, 0) is 0 Å². The second-order valence-corrected chi connectivity index (χ2v) is 6.56. The van der Waals surface area contributed by atoms with Crippen molar-refractivity contribution in [3.63, 3.8) is 0 Å². The molecule has 0 bridgehead atoms. The Balaban J connectivity index is 1.93. The molecule has 0 radical (unpaired) electrons. The highest BCUT2D eigenvalue weighted by atomic mass is 16.2. The molecule has 0 aromatic rings. The summed E-state index contributed by atoms with van der Waals surface area (Å²) < 4.78 is 0. The summed E-state index contributed by atoms with van der Waals surface area (Å²) in [6.07, 6.45) is 6.15. The number of urea groups is 1. The van der Waals surface area contributed by atoms with Gasteiger partial charge in [0.2, 0.25) is 0 Å². The molecular formula is C15H29N3O. The Kier molecular flexibility index (Phi) is 5.08. The van der Waals surface area contributed by atoms with E-state index in [1.54, 1.807) is 0 Å². The van der Waals surface area contributed by atoms with Gasteiger partial charge in [-0.15, -0.1) is 0 Å². The van der Waals surface area contributed by atoms with E-state index < -0.39 is 0 Å². The van der Waals surface area contributed by atoms with Crippen molar-refractivity contribution in [2.24, 2.45) is 5.92 Å². The molecule has 1 aliphatic heterocycles. The SMILES string of the molecule is CC1CN(C(=O)NC2CCCCC2)C(C(C)C)CN1. The molecule has 2 rings (SSSR count). The van der Waals surface area contributed by atoms with Gasteiger partial charge in [-0.25, -0.2) is 4.79 Å². The molecule has 2 unspecified atom stereocenters. The molecule has 0 aromatic carbocycles. The zero-order valence-electron chi connectivity index (χ0n) is 12.6. The summed E-state index contributed by atoms with van der Waals surface area (Å²) in [5.74, 6) is 0.497. The van der Waals surface area contributed by atoms with E-state index in [0.717, 1.165) is 25.9 Å². The average molecular weight is 267 g/mol. The Hall–Kier alpha value is -0.770. The van der Waals surface area contributed by atoms with E-state index >= 15 is 0 Å². The van der Waals surface area contributed by atoms with Gasteiger partial charge < -0.3 is 15.5 Å². The fraction of sp³-hybridized carbons (Fsp3) is 0.933.